The van der Waals surface area contributed by atoms with Gasteiger partial charge < -0.3 is 5.32 Å². The number of nitrogens with one attached hydrogen (secondary N) is 2. The summed E-state index contributed by atoms with van der Waals surface area (Å²) in [6.45, 7) is 8.93. The van der Waals surface area contributed by atoms with E-state index in [0.717, 1.165) is 22.4 Å². The molecule has 0 aliphatic rings. The molecule has 0 unspecified atom stereocenters. The lowest BCUT2D eigenvalue weighted by Crippen LogP contribution is -2.22. The molecule has 0 atom stereocenters. The third kappa shape index (κ3) is 4.73. The van der Waals surface area contributed by atoms with E-state index in [2.05, 4.69) is 53.7 Å². The van der Waals surface area contributed by atoms with Crippen molar-refractivity contribution in [2.75, 3.05) is 10.6 Å². The minimum Gasteiger partial charge on any atom is -0.307 e. The molecule has 1 aromatic heterocycles. The normalized spacial score (nSPS) is 11.1. The van der Waals surface area contributed by atoms with E-state index in [9.17, 15) is 4.79 Å². The Morgan fingerprint density at radius 3 is 2.18 bits per heavy atom. The Labute approximate surface area is 165 Å². The standard InChI is InChI=1S/C21H26N6O/c1-14(2)17-11-8-12-18(15(3)4)19(17)22-21(28)23-20-24-26-27(25-20)13-16-9-6-5-7-10-16/h5-12,14-15H,13H2,1-4H3,(H2,22,23,25,28). The summed E-state index contributed by atoms with van der Waals surface area (Å²) < 4.78 is 0. The van der Waals surface area contributed by atoms with Crippen molar-refractivity contribution in [3.63, 3.8) is 0 Å². The average Bonchev–Trinajstić information content (AvgIpc) is 3.08. The summed E-state index contributed by atoms with van der Waals surface area (Å²) in [6, 6.07) is 15.6. The quantitative estimate of drug-likeness (QED) is 0.656. The molecule has 7 heteroatoms. The molecule has 0 bridgehead atoms. The number of benzene rings is 2. The van der Waals surface area contributed by atoms with E-state index >= 15 is 0 Å². The van der Waals surface area contributed by atoms with Gasteiger partial charge in [0.2, 0.25) is 0 Å². The molecule has 3 rings (SSSR count). The van der Waals surface area contributed by atoms with Crippen molar-refractivity contribution < 1.29 is 4.79 Å². The number of amides is 2. The average molecular weight is 378 g/mol. The number of rotatable bonds is 6. The first-order valence-electron chi connectivity index (χ1n) is 9.46. The molecule has 28 heavy (non-hydrogen) atoms. The van der Waals surface area contributed by atoms with Crippen LogP contribution in [0.5, 0.6) is 0 Å². The Morgan fingerprint density at radius 1 is 0.929 bits per heavy atom. The summed E-state index contributed by atoms with van der Waals surface area (Å²) in [6.07, 6.45) is 0. The number of urea groups is 1. The van der Waals surface area contributed by atoms with Gasteiger partial charge in [0, 0.05) is 5.69 Å². The first-order valence-corrected chi connectivity index (χ1v) is 9.46. The topological polar surface area (TPSA) is 84.7 Å². The number of tetrazole rings is 1. The zero-order chi connectivity index (χ0) is 20.1. The first kappa shape index (κ1) is 19.5. The summed E-state index contributed by atoms with van der Waals surface area (Å²) in [7, 11) is 0. The number of para-hydroxylation sites is 1. The molecule has 146 valence electrons. The lowest BCUT2D eigenvalue weighted by Gasteiger charge is -2.20. The smallest absolute Gasteiger partial charge is 0.307 e. The molecule has 2 N–H and O–H groups in total. The second-order valence-electron chi connectivity index (χ2n) is 7.33. The first-order chi connectivity index (χ1) is 13.4. The number of hydrogen-bond acceptors (Lipinski definition) is 4. The van der Waals surface area contributed by atoms with Crippen LogP contribution in [0.2, 0.25) is 0 Å². The van der Waals surface area contributed by atoms with Gasteiger partial charge in [-0.15, -0.1) is 5.10 Å². The zero-order valence-corrected chi connectivity index (χ0v) is 16.7. The Bertz CT molecular complexity index is 907. The van der Waals surface area contributed by atoms with E-state index in [0.29, 0.717) is 18.4 Å². The van der Waals surface area contributed by atoms with E-state index in [-0.39, 0.29) is 12.0 Å². The van der Waals surface area contributed by atoms with Crippen LogP contribution in [-0.4, -0.2) is 26.2 Å². The van der Waals surface area contributed by atoms with Gasteiger partial charge in [-0.1, -0.05) is 81.3 Å². The maximum absolute atomic E-state index is 12.6. The Kier molecular flexibility index (Phi) is 6.03. The highest BCUT2D eigenvalue weighted by Crippen LogP contribution is 2.32. The van der Waals surface area contributed by atoms with Crippen LogP contribution in [0.25, 0.3) is 0 Å². The van der Waals surface area contributed by atoms with Gasteiger partial charge in [0.1, 0.15) is 0 Å². The molecule has 0 aliphatic carbocycles. The van der Waals surface area contributed by atoms with Crippen LogP contribution in [0.15, 0.2) is 48.5 Å². The van der Waals surface area contributed by atoms with Gasteiger partial charge in [-0.3, -0.25) is 5.32 Å². The molecule has 0 aliphatic heterocycles. The van der Waals surface area contributed by atoms with E-state index in [1.165, 1.54) is 4.80 Å². The largest absolute Gasteiger partial charge is 0.326 e. The van der Waals surface area contributed by atoms with Crippen molar-refractivity contribution in [2.45, 2.75) is 46.1 Å². The van der Waals surface area contributed by atoms with Crippen LogP contribution < -0.4 is 10.6 Å². The predicted octanol–water partition coefficient (Wildman–Crippen LogP) is 4.61. The Balaban J connectivity index is 1.71. The van der Waals surface area contributed by atoms with Crippen molar-refractivity contribution in [1.82, 2.24) is 20.2 Å². The summed E-state index contributed by atoms with van der Waals surface area (Å²) >= 11 is 0. The number of aromatic nitrogens is 4. The molecule has 0 saturated heterocycles. The van der Waals surface area contributed by atoms with Crippen LogP contribution in [-0.2, 0) is 6.54 Å². The van der Waals surface area contributed by atoms with Gasteiger partial charge in [0.15, 0.2) is 0 Å². The Morgan fingerprint density at radius 2 is 1.57 bits per heavy atom. The molecular formula is C21H26N6O. The number of anilines is 2. The van der Waals surface area contributed by atoms with Gasteiger partial charge >= 0.3 is 6.03 Å². The van der Waals surface area contributed by atoms with Gasteiger partial charge in [0.25, 0.3) is 5.95 Å². The van der Waals surface area contributed by atoms with Crippen LogP contribution in [0.1, 0.15) is 56.2 Å². The van der Waals surface area contributed by atoms with Crippen molar-refractivity contribution in [3.8, 4) is 0 Å². The second-order valence-corrected chi connectivity index (χ2v) is 7.33. The van der Waals surface area contributed by atoms with Crippen molar-refractivity contribution in [3.05, 3.63) is 65.2 Å². The van der Waals surface area contributed by atoms with E-state index in [1.54, 1.807) is 0 Å². The third-order valence-corrected chi connectivity index (χ3v) is 4.46. The molecule has 2 aromatic carbocycles. The zero-order valence-electron chi connectivity index (χ0n) is 16.7. The van der Waals surface area contributed by atoms with Crippen LogP contribution in [0, 0.1) is 0 Å². The molecule has 0 radical (unpaired) electrons. The highest BCUT2D eigenvalue weighted by Gasteiger charge is 2.17. The van der Waals surface area contributed by atoms with Crippen LogP contribution in [0.4, 0.5) is 16.4 Å². The number of nitrogens with zero attached hydrogens (tertiary/aromatic N) is 4. The van der Waals surface area contributed by atoms with Crippen LogP contribution >= 0.6 is 0 Å². The fraction of sp³-hybridized carbons (Fsp3) is 0.333. The number of carbonyl (C=O) groups excluding carboxylic acids is 1. The minimum atomic E-state index is -0.380. The molecule has 0 spiro atoms. The molecule has 3 aromatic rings. The van der Waals surface area contributed by atoms with Crippen molar-refractivity contribution >= 4 is 17.7 Å². The lowest BCUT2D eigenvalue weighted by molar-refractivity contribution is 0.262. The van der Waals surface area contributed by atoms with Gasteiger partial charge in [-0.25, -0.2) is 4.79 Å². The van der Waals surface area contributed by atoms with Crippen LogP contribution in [0.3, 0.4) is 0 Å². The fourth-order valence-corrected chi connectivity index (χ4v) is 3.05. The SMILES string of the molecule is CC(C)c1cccc(C(C)C)c1NC(=O)Nc1nnn(Cc2ccccc2)n1. The summed E-state index contributed by atoms with van der Waals surface area (Å²) in [5.74, 6) is 0.749. The predicted molar refractivity (Wildman–Crippen MR) is 111 cm³/mol. The molecule has 1 heterocycles. The monoisotopic (exact) mass is 378 g/mol. The summed E-state index contributed by atoms with van der Waals surface area (Å²) in [4.78, 5) is 14.0. The van der Waals surface area contributed by atoms with Crippen molar-refractivity contribution in [1.29, 1.82) is 0 Å². The molecule has 7 nitrogen and oxygen atoms in total. The fourth-order valence-electron chi connectivity index (χ4n) is 3.05. The molecular weight excluding hydrogens is 352 g/mol. The maximum Gasteiger partial charge on any atom is 0.326 e. The third-order valence-electron chi connectivity index (χ3n) is 4.46. The van der Waals surface area contributed by atoms with Gasteiger partial charge in [0.05, 0.1) is 6.54 Å². The lowest BCUT2D eigenvalue weighted by atomic mass is 9.93. The second kappa shape index (κ2) is 8.65. The highest BCUT2D eigenvalue weighted by atomic mass is 16.2. The number of carbonyl (C=O) groups is 1. The van der Waals surface area contributed by atoms with Gasteiger partial charge in [-0.05, 0) is 33.7 Å². The summed E-state index contributed by atoms with van der Waals surface area (Å²) in [5.41, 5.74) is 4.11. The molecule has 0 saturated carbocycles. The van der Waals surface area contributed by atoms with E-state index in [1.807, 2.05) is 48.5 Å². The van der Waals surface area contributed by atoms with Gasteiger partial charge in [-0.2, -0.15) is 4.80 Å². The maximum atomic E-state index is 12.6. The van der Waals surface area contributed by atoms with Crippen molar-refractivity contribution in [2.24, 2.45) is 0 Å². The minimum absolute atomic E-state index is 0.168. The van der Waals surface area contributed by atoms with E-state index < -0.39 is 0 Å². The molecule has 0 fully saturated rings. The Hall–Kier alpha value is -3.22. The highest BCUT2D eigenvalue weighted by molar-refractivity contribution is 5.99. The number of hydrogen-bond donors (Lipinski definition) is 2. The van der Waals surface area contributed by atoms with E-state index in [4.69, 9.17) is 0 Å². The molecule has 2 amide bonds. The summed E-state index contributed by atoms with van der Waals surface area (Å²) in [5, 5.41) is 17.8.